The highest BCUT2D eigenvalue weighted by molar-refractivity contribution is 5.93. The van der Waals surface area contributed by atoms with E-state index in [1.54, 1.807) is 12.1 Å². The van der Waals surface area contributed by atoms with Crippen molar-refractivity contribution >= 4 is 16.9 Å². The Labute approximate surface area is 118 Å². The van der Waals surface area contributed by atoms with Crippen molar-refractivity contribution in [3.8, 4) is 0 Å². The van der Waals surface area contributed by atoms with Crippen LogP contribution in [0.3, 0.4) is 0 Å². The minimum Gasteiger partial charge on any atom is -0.478 e. The number of aromatic carboxylic acids is 1. The molecule has 2 aromatic rings. The molecule has 0 spiro atoms. The number of fused-ring (bicyclic) bond motifs is 3. The maximum absolute atomic E-state index is 11.0. The first-order valence-corrected chi connectivity index (χ1v) is 7.53. The Morgan fingerprint density at radius 3 is 2.85 bits per heavy atom. The third-order valence-electron chi connectivity index (χ3n) is 5.33. The molecule has 2 saturated carbocycles. The fraction of sp³-hybridized carbons (Fsp3) is 0.471. The zero-order chi connectivity index (χ0) is 13.7. The lowest BCUT2D eigenvalue weighted by Gasteiger charge is -2.22. The molecule has 1 aromatic carbocycles. The van der Waals surface area contributed by atoms with Crippen LogP contribution in [-0.4, -0.2) is 15.6 Å². The van der Waals surface area contributed by atoms with E-state index in [-0.39, 0.29) is 0 Å². The van der Waals surface area contributed by atoms with Gasteiger partial charge in [0.1, 0.15) is 0 Å². The smallest absolute Gasteiger partial charge is 0.335 e. The fourth-order valence-electron chi connectivity index (χ4n) is 4.35. The summed E-state index contributed by atoms with van der Waals surface area (Å²) in [5.74, 6) is 1.87. The van der Waals surface area contributed by atoms with Gasteiger partial charge in [-0.3, -0.25) is 0 Å². The predicted molar refractivity (Wildman–Crippen MR) is 77.8 cm³/mol. The van der Waals surface area contributed by atoms with Gasteiger partial charge in [0.2, 0.25) is 0 Å². The van der Waals surface area contributed by atoms with Gasteiger partial charge in [-0.1, -0.05) is 6.42 Å². The molecule has 3 atom stereocenters. The Kier molecular flexibility index (Phi) is 2.62. The number of carboxylic acids is 1. The summed E-state index contributed by atoms with van der Waals surface area (Å²) < 4.78 is 2.31. The lowest BCUT2D eigenvalue weighted by Crippen LogP contribution is -2.16. The number of benzene rings is 1. The second-order valence-electron chi connectivity index (χ2n) is 6.48. The van der Waals surface area contributed by atoms with Gasteiger partial charge in [-0.05, 0) is 61.3 Å². The van der Waals surface area contributed by atoms with Gasteiger partial charge in [-0.2, -0.15) is 0 Å². The van der Waals surface area contributed by atoms with E-state index < -0.39 is 5.97 Å². The summed E-state index contributed by atoms with van der Waals surface area (Å²) in [6.45, 7) is 1.09. The minimum atomic E-state index is -0.854. The second kappa shape index (κ2) is 4.37. The molecule has 3 unspecified atom stereocenters. The van der Waals surface area contributed by atoms with Crippen LogP contribution >= 0.6 is 0 Å². The summed E-state index contributed by atoms with van der Waals surface area (Å²) in [7, 11) is 0. The summed E-state index contributed by atoms with van der Waals surface area (Å²) in [4.78, 5) is 11.0. The van der Waals surface area contributed by atoms with E-state index in [2.05, 4.69) is 10.8 Å². The quantitative estimate of drug-likeness (QED) is 0.921. The monoisotopic (exact) mass is 269 g/mol. The van der Waals surface area contributed by atoms with Gasteiger partial charge in [0.15, 0.2) is 0 Å². The summed E-state index contributed by atoms with van der Waals surface area (Å²) >= 11 is 0. The number of aromatic nitrogens is 1. The van der Waals surface area contributed by atoms with Crippen LogP contribution in [0.25, 0.3) is 10.9 Å². The van der Waals surface area contributed by atoms with Crippen LogP contribution in [0, 0.1) is 17.8 Å². The van der Waals surface area contributed by atoms with Gasteiger partial charge >= 0.3 is 5.97 Å². The Bertz CT molecular complexity index is 673. The third kappa shape index (κ3) is 1.84. The van der Waals surface area contributed by atoms with Crippen LogP contribution < -0.4 is 0 Å². The van der Waals surface area contributed by atoms with Crippen molar-refractivity contribution < 1.29 is 9.90 Å². The van der Waals surface area contributed by atoms with Crippen molar-refractivity contribution in [2.24, 2.45) is 17.8 Å². The Morgan fingerprint density at radius 2 is 2.15 bits per heavy atom. The first kappa shape index (κ1) is 12.0. The third-order valence-corrected chi connectivity index (χ3v) is 5.33. The molecular formula is C17H19NO2. The largest absolute Gasteiger partial charge is 0.478 e. The lowest BCUT2D eigenvalue weighted by atomic mass is 9.89. The van der Waals surface area contributed by atoms with Crippen molar-refractivity contribution in [1.29, 1.82) is 0 Å². The van der Waals surface area contributed by atoms with Crippen LogP contribution in [-0.2, 0) is 6.54 Å². The van der Waals surface area contributed by atoms with Gasteiger partial charge in [-0.25, -0.2) is 4.79 Å². The maximum atomic E-state index is 11.0. The Balaban J connectivity index is 1.62. The highest BCUT2D eigenvalue weighted by Crippen LogP contribution is 2.49. The summed E-state index contributed by atoms with van der Waals surface area (Å²) in [6, 6.07) is 7.47. The van der Waals surface area contributed by atoms with Gasteiger partial charge in [-0.15, -0.1) is 0 Å². The molecular weight excluding hydrogens is 250 g/mol. The average Bonchev–Trinajstić information content (AvgIpc) is 3.14. The van der Waals surface area contributed by atoms with Gasteiger partial charge < -0.3 is 9.67 Å². The number of carbonyl (C=O) groups is 1. The first-order valence-electron chi connectivity index (χ1n) is 7.53. The van der Waals surface area contributed by atoms with Crippen molar-refractivity contribution in [3.63, 3.8) is 0 Å². The molecule has 1 aromatic heterocycles. The molecule has 20 heavy (non-hydrogen) atoms. The molecule has 2 aliphatic carbocycles. The van der Waals surface area contributed by atoms with E-state index in [4.69, 9.17) is 5.11 Å². The van der Waals surface area contributed by atoms with E-state index >= 15 is 0 Å². The fourth-order valence-corrected chi connectivity index (χ4v) is 4.35. The second-order valence-corrected chi connectivity index (χ2v) is 6.48. The number of hydrogen-bond donors (Lipinski definition) is 1. The van der Waals surface area contributed by atoms with E-state index in [0.717, 1.165) is 35.2 Å². The molecule has 2 aliphatic rings. The SMILES string of the molecule is O=C(O)c1ccc2c(ccn2CC2CC3CCC2C3)c1. The molecule has 104 valence electrons. The predicted octanol–water partition coefficient (Wildman–Crippen LogP) is 3.78. The molecule has 2 fully saturated rings. The molecule has 0 saturated heterocycles. The lowest BCUT2D eigenvalue weighted by molar-refractivity contribution is 0.0697. The molecule has 3 nitrogen and oxygen atoms in total. The van der Waals surface area contributed by atoms with Crippen molar-refractivity contribution in [3.05, 3.63) is 36.0 Å². The zero-order valence-corrected chi connectivity index (χ0v) is 11.5. The van der Waals surface area contributed by atoms with Gasteiger partial charge in [0, 0.05) is 23.6 Å². The van der Waals surface area contributed by atoms with Crippen LogP contribution in [0.15, 0.2) is 30.5 Å². The summed E-state index contributed by atoms with van der Waals surface area (Å²) in [5.41, 5.74) is 1.54. The van der Waals surface area contributed by atoms with Gasteiger partial charge in [0.05, 0.1) is 5.56 Å². The van der Waals surface area contributed by atoms with E-state index in [1.165, 1.54) is 25.7 Å². The average molecular weight is 269 g/mol. The van der Waals surface area contributed by atoms with Crippen molar-refractivity contribution in [2.45, 2.75) is 32.2 Å². The number of nitrogens with zero attached hydrogens (tertiary/aromatic N) is 1. The first-order chi connectivity index (χ1) is 9.70. The highest BCUT2D eigenvalue weighted by Gasteiger charge is 2.39. The number of rotatable bonds is 3. The van der Waals surface area contributed by atoms with E-state index in [9.17, 15) is 4.79 Å². The van der Waals surface area contributed by atoms with Gasteiger partial charge in [0.25, 0.3) is 0 Å². The Morgan fingerprint density at radius 1 is 1.25 bits per heavy atom. The number of hydrogen-bond acceptors (Lipinski definition) is 1. The molecule has 3 heteroatoms. The van der Waals surface area contributed by atoms with Crippen LogP contribution in [0.1, 0.15) is 36.0 Å². The summed E-state index contributed by atoms with van der Waals surface area (Å²) in [5, 5.41) is 10.1. The molecule has 0 radical (unpaired) electrons. The normalized spacial score (nSPS) is 28.3. The zero-order valence-electron chi connectivity index (χ0n) is 11.5. The van der Waals surface area contributed by atoms with Crippen LogP contribution in [0.4, 0.5) is 0 Å². The molecule has 0 amide bonds. The molecule has 1 N–H and O–H groups in total. The highest BCUT2D eigenvalue weighted by atomic mass is 16.4. The minimum absolute atomic E-state index is 0.371. The topological polar surface area (TPSA) is 42.2 Å². The van der Waals surface area contributed by atoms with Crippen LogP contribution in [0.2, 0.25) is 0 Å². The maximum Gasteiger partial charge on any atom is 0.335 e. The molecule has 2 bridgehead atoms. The van der Waals surface area contributed by atoms with E-state index in [1.807, 2.05) is 12.1 Å². The van der Waals surface area contributed by atoms with Crippen molar-refractivity contribution in [1.82, 2.24) is 4.57 Å². The molecule has 1 heterocycles. The van der Waals surface area contributed by atoms with Crippen LogP contribution in [0.5, 0.6) is 0 Å². The standard InChI is InChI=1S/C17H19NO2/c19-17(20)14-3-4-16-13(9-14)5-6-18(16)10-15-8-11-1-2-12(15)7-11/h3-6,9,11-12,15H,1-2,7-8,10H2,(H,19,20). The number of carboxylic acid groups (broad SMARTS) is 1. The Hall–Kier alpha value is -1.77. The summed E-state index contributed by atoms with van der Waals surface area (Å²) in [6.07, 6.45) is 7.79. The molecule has 4 rings (SSSR count). The molecule has 0 aliphatic heterocycles. The van der Waals surface area contributed by atoms with E-state index in [0.29, 0.717) is 5.56 Å². The van der Waals surface area contributed by atoms with Crippen molar-refractivity contribution in [2.75, 3.05) is 0 Å².